The summed E-state index contributed by atoms with van der Waals surface area (Å²) in [6.45, 7) is 7.00. The fourth-order valence-electron chi connectivity index (χ4n) is 1.92. The zero-order valence-corrected chi connectivity index (χ0v) is 14.1. The highest BCUT2D eigenvalue weighted by molar-refractivity contribution is 6.35. The standard InChI is InChI=1S/C17H21ClN4/c1-5-22(4)11-20-14-9-12(2)10-15(16(14)18)21-17-13(3)7-6-8-19-17/h6-11H,5H2,1-4H3,(H,19,21). The number of anilines is 2. The molecule has 0 aliphatic carbocycles. The molecule has 0 aliphatic rings. The number of aromatic nitrogens is 1. The van der Waals surface area contributed by atoms with Crippen LogP contribution in [-0.4, -0.2) is 29.8 Å². The predicted molar refractivity (Wildman–Crippen MR) is 94.9 cm³/mol. The second-order valence-corrected chi connectivity index (χ2v) is 5.64. The van der Waals surface area contributed by atoms with Crippen LogP contribution in [0.3, 0.4) is 0 Å². The van der Waals surface area contributed by atoms with Gasteiger partial charge in [-0.1, -0.05) is 17.7 Å². The van der Waals surface area contributed by atoms with Crippen molar-refractivity contribution in [3.05, 3.63) is 46.6 Å². The Balaban J connectivity index is 2.35. The average Bonchev–Trinajstić information content (AvgIpc) is 2.50. The van der Waals surface area contributed by atoms with Gasteiger partial charge in [0.2, 0.25) is 0 Å². The molecule has 4 nitrogen and oxygen atoms in total. The molecular weight excluding hydrogens is 296 g/mol. The van der Waals surface area contributed by atoms with Crippen molar-refractivity contribution in [1.82, 2.24) is 9.88 Å². The maximum absolute atomic E-state index is 6.49. The maximum atomic E-state index is 6.49. The van der Waals surface area contributed by atoms with Gasteiger partial charge in [-0.05, 0) is 50.1 Å². The number of hydrogen-bond donors (Lipinski definition) is 1. The fourth-order valence-corrected chi connectivity index (χ4v) is 2.13. The lowest BCUT2D eigenvalue weighted by Crippen LogP contribution is -2.14. The zero-order chi connectivity index (χ0) is 16.1. The van der Waals surface area contributed by atoms with Gasteiger partial charge in [-0.15, -0.1) is 0 Å². The molecule has 0 atom stereocenters. The molecule has 22 heavy (non-hydrogen) atoms. The third-order valence-corrected chi connectivity index (χ3v) is 3.75. The maximum Gasteiger partial charge on any atom is 0.133 e. The Morgan fingerprint density at radius 1 is 1.36 bits per heavy atom. The van der Waals surface area contributed by atoms with Crippen molar-refractivity contribution in [3.63, 3.8) is 0 Å². The number of benzene rings is 1. The molecule has 0 aliphatic heterocycles. The third-order valence-electron chi connectivity index (χ3n) is 3.35. The minimum Gasteiger partial charge on any atom is -0.366 e. The molecular formula is C17H21ClN4. The van der Waals surface area contributed by atoms with Gasteiger partial charge in [0.25, 0.3) is 0 Å². The summed E-state index contributed by atoms with van der Waals surface area (Å²) >= 11 is 6.49. The largest absolute Gasteiger partial charge is 0.366 e. The Bertz CT molecular complexity index is 682. The number of aryl methyl sites for hydroxylation is 2. The molecule has 1 aromatic heterocycles. The fraction of sp³-hybridized carbons (Fsp3) is 0.294. The Labute approximate surface area is 136 Å². The average molecular weight is 317 g/mol. The monoisotopic (exact) mass is 316 g/mol. The Morgan fingerprint density at radius 3 is 2.82 bits per heavy atom. The van der Waals surface area contributed by atoms with E-state index in [1.165, 1.54) is 0 Å². The van der Waals surface area contributed by atoms with Gasteiger partial charge in [0, 0.05) is 19.8 Å². The molecule has 0 spiro atoms. The molecule has 1 heterocycles. The smallest absolute Gasteiger partial charge is 0.133 e. The van der Waals surface area contributed by atoms with Crippen LogP contribution in [-0.2, 0) is 0 Å². The molecule has 0 fully saturated rings. The molecule has 116 valence electrons. The highest BCUT2D eigenvalue weighted by atomic mass is 35.5. The minimum absolute atomic E-state index is 0.594. The van der Waals surface area contributed by atoms with Crippen molar-refractivity contribution in [2.75, 3.05) is 18.9 Å². The van der Waals surface area contributed by atoms with E-state index in [0.717, 1.165) is 34.9 Å². The predicted octanol–water partition coefficient (Wildman–Crippen LogP) is 4.71. The van der Waals surface area contributed by atoms with Gasteiger partial charge in [0.1, 0.15) is 5.82 Å². The van der Waals surface area contributed by atoms with Crippen LogP contribution in [0.4, 0.5) is 17.2 Å². The second-order valence-electron chi connectivity index (χ2n) is 5.26. The van der Waals surface area contributed by atoms with Crippen molar-refractivity contribution in [2.24, 2.45) is 4.99 Å². The third kappa shape index (κ3) is 3.98. The van der Waals surface area contributed by atoms with E-state index in [0.29, 0.717) is 5.02 Å². The number of aliphatic imine (C=N–C) groups is 1. The van der Waals surface area contributed by atoms with Crippen molar-refractivity contribution in [1.29, 1.82) is 0 Å². The Hall–Kier alpha value is -2.07. The molecule has 0 unspecified atom stereocenters. The van der Waals surface area contributed by atoms with E-state index in [9.17, 15) is 0 Å². The van der Waals surface area contributed by atoms with E-state index in [2.05, 4.69) is 22.2 Å². The van der Waals surface area contributed by atoms with Crippen LogP contribution in [0.25, 0.3) is 0 Å². The van der Waals surface area contributed by atoms with Crippen molar-refractivity contribution in [2.45, 2.75) is 20.8 Å². The molecule has 2 rings (SSSR count). The van der Waals surface area contributed by atoms with Crippen molar-refractivity contribution >= 4 is 35.1 Å². The second kappa shape index (κ2) is 7.27. The molecule has 0 radical (unpaired) electrons. The summed E-state index contributed by atoms with van der Waals surface area (Å²) in [5.41, 5.74) is 3.72. The quantitative estimate of drug-likeness (QED) is 0.641. The van der Waals surface area contributed by atoms with Crippen LogP contribution in [0.5, 0.6) is 0 Å². The van der Waals surface area contributed by atoms with Crippen LogP contribution in [0, 0.1) is 13.8 Å². The number of nitrogens with zero attached hydrogens (tertiary/aromatic N) is 3. The van der Waals surface area contributed by atoms with Crippen LogP contribution in [0.2, 0.25) is 5.02 Å². The lowest BCUT2D eigenvalue weighted by Gasteiger charge is -2.13. The summed E-state index contributed by atoms with van der Waals surface area (Å²) in [7, 11) is 1.98. The number of pyridine rings is 1. The Morgan fingerprint density at radius 2 is 2.14 bits per heavy atom. The van der Waals surface area contributed by atoms with Crippen LogP contribution < -0.4 is 5.32 Å². The summed E-state index contributed by atoms with van der Waals surface area (Å²) in [5.74, 6) is 0.801. The van der Waals surface area contributed by atoms with E-state index in [1.54, 1.807) is 12.5 Å². The lowest BCUT2D eigenvalue weighted by molar-refractivity contribution is 0.552. The van der Waals surface area contributed by atoms with E-state index < -0.39 is 0 Å². The van der Waals surface area contributed by atoms with E-state index in [1.807, 2.05) is 50.1 Å². The van der Waals surface area contributed by atoms with Gasteiger partial charge in [0.05, 0.1) is 22.7 Å². The zero-order valence-electron chi connectivity index (χ0n) is 13.4. The number of nitrogens with one attached hydrogen (secondary N) is 1. The van der Waals surface area contributed by atoms with Crippen molar-refractivity contribution < 1.29 is 0 Å². The van der Waals surface area contributed by atoms with Crippen molar-refractivity contribution in [3.8, 4) is 0 Å². The van der Waals surface area contributed by atoms with Gasteiger partial charge in [-0.3, -0.25) is 0 Å². The normalized spacial score (nSPS) is 11.0. The summed E-state index contributed by atoms with van der Waals surface area (Å²) < 4.78 is 0. The van der Waals surface area contributed by atoms with E-state index in [4.69, 9.17) is 11.6 Å². The van der Waals surface area contributed by atoms with Crippen LogP contribution >= 0.6 is 11.6 Å². The van der Waals surface area contributed by atoms with Gasteiger partial charge in [-0.25, -0.2) is 9.98 Å². The summed E-state index contributed by atoms with van der Waals surface area (Å²) in [4.78, 5) is 10.8. The number of rotatable bonds is 5. The number of halogens is 1. The number of hydrogen-bond acceptors (Lipinski definition) is 3. The molecule has 0 saturated heterocycles. The SMILES string of the molecule is CCN(C)C=Nc1cc(C)cc(Nc2ncccc2C)c1Cl. The first-order valence-electron chi connectivity index (χ1n) is 7.24. The molecule has 0 saturated carbocycles. The highest BCUT2D eigenvalue weighted by Gasteiger charge is 2.09. The van der Waals surface area contributed by atoms with Crippen LogP contribution in [0.1, 0.15) is 18.1 Å². The molecule has 5 heteroatoms. The first-order valence-corrected chi connectivity index (χ1v) is 7.62. The van der Waals surface area contributed by atoms with Gasteiger partial charge < -0.3 is 10.2 Å². The van der Waals surface area contributed by atoms with Gasteiger partial charge in [-0.2, -0.15) is 0 Å². The topological polar surface area (TPSA) is 40.5 Å². The molecule has 2 aromatic rings. The van der Waals surface area contributed by atoms with Gasteiger partial charge >= 0.3 is 0 Å². The molecule has 1 aromatic carbocycles. The summed E-state index contributed by atoms with van der Waals surface area (Å²) in [6.07, 6.45) is 3.55. The first-order chi connectivity index (χ1) is 10.5. The Kier molecular flexibility index (Phi) is 5.39. The lowest BCUT2D eigenvalue weighted by atomic mass is 10.2. The summed E-state index contributed by atoms with van der Waals surface area (Å²) in [6, 6.07) is 7.89. The molecule has 0 amide bonds. The van der Waals surface area contributed by atoms with Crippen LogP contribution in [0.15, 0.2) is 35.5 Å². The molecule has 0 bridgehead atoms. The highest BCUT2D eigenvalue weighted by Crippen LogP contribution is 2.35. The minimum atomic E-state index is 0.594. The molecule has 1 N–H and O–H groups in total. The van der Waals surface area contributed by atoms with E-state index in [-0.39, 0.29) is 0 Å². The van der Waals surface area contributed by atoms with Gasteiger partial charge in [0.15, 0.2) is 0 Å². The summed E-state index contributed by atoms with van der Waals surface area (Å²) in [5, 5.41) is 3.89. The first kappa shape index (κ1) is 16.3. The van der Waals surface area contributed by atoms with E-state index >= 15 is 0 Å².